The van der Waals surface area contributed by atoms with Crippen LogP contribution < -0.4 is 9.04 Å². The van der Waals surface area contributed by atoms with Gasteiger partial charge in [-0.25, -0.2) is 17.2 Å². The van der Waals surface area contributed by atoms with Gasteiger partial charge < -0.3 is 4.74 Å². The van der Waals surface area contributed by atoms with Gasteiger partial charge in [0.15, 0.2) is 0 Å². The van der Waals surface area contributed by atoms with Gasteiger partial charge in [0.2, 0.25) is 0 Å². The fourth-order valence-corrected chi connectivity index (χ4v) is 4.70. The van der Waals surface area contributed by atoms with Gasteiger partial charge in [-0.3, -0.25) is 4.31 Å². The van der Waals surface area contributed by atoms with E-state index in [0.29, 0.717) is 16.9 Å². The Morgan fingerprint density at radius 1 is 0.966 bits per heavy atom. The Morgan fingerprint density at radius 2 is 1.66 bits per heavy atom. The highest BCUT2D eigenvalue weighted by Gasteiger charge is 2.31. The van der Waals surface area contributed by atoms with Gasteiger partial charge in [0.1, 0.15) is 17.4 Å². The third-order valence-electron chi connectivity index (χ3n) is 4.71. The van der Waals surface area contributed by atoms with Gasteiger partial charge in [-0.15, -0.1) is 0 Å². The molecule has 0 amide bonds. The first kappa shape index (κ1) is 20.8. The number of aryl methyl sites for hydroxylation is 1. The van der Waals surface area contributed by atoms with Crippen LogP contribution >= 0.6 is 0 Å². The third-order valence-corrected chi connectivity index (χ3v) is 6.60. The zero-order valence-electron chi connectivity index (χ0n) is 16.3. The number of benzene rings is 3. The first-order valence-corrected chi connectivity index (χ1v) is 10.4. The summed E-state index contributed by atoms with van der Waals surface area (Å²) in [5.41, 5.74) is 1.28. The summed E-state index contributed by atoms with van der Waals surface area (Å²) in [6, 6.07) is 15.3. The number of nitrogens with zero attached hydrogens (tertiary/aromatic N) is 1. The number of hydrogen-bond acceptors (Lipinski definition) is 3. The van der Waals surface area contributed by atoms with Crippen molar-refractivity contribution in [3.63, 3.8) is 0 Å². The van der Waals surface area contributed by atoms with Crippen molar-refractivity contribution < 1.29 is 21.9 Å². The Balaban J connectivity index is 2.16. The molecule has 0 radical (unpaired) electrons. The molecule has 3 aromatic carbocycles. The van der Waals surface area contributed by atoms with Crippen molar-refractivity contribution in [3.8, 4) is 5.75 Å². The molecule has 0 saturated heterocycles. The van der Waals surface area contributed by atoms with Crippen LogP contribution in [0.1, 0.15) is 24.1 Å². The average Bonchev–Trinajstić information content (AvgIpc) is 2.71. The van der Waals surface area contributed by atoms with E-state index in [-0.39, 0.29) is 10.6 Å². The fraction of sp³-hybridized carbons (Fsp3) is 0.182. The Bertz CT molecular complexity index is 1120. The lowest BCUT2D eigenvalue weighted by Gasteiger charge is -2.31. The highest BCUT2D eigenvalue weighted by molar-refractivity contribution is 7.92. The van der Waals surface area contributed by atoms with Gasteiger partial charge >= 0.3 is 0 Å². The highest BCUT2D eigenvalue weighted by atomic mass is 32.2. The number of ether oxygens (including phenoxy) is 1. The Kier molecular flexibility index (Phi) is 5.88. The molecule has 0 heterocycles. The second-order valence-corrected chi connectivity index (χ2v) is 8.46. The van der Waals surface area contributed by atoms with Gasteiger partial charge in [0, 0.05) is 0 Å². The lowest BCUT2D eigenvalue weighted by molar-refractivity contribution is 0.414. The molecule has 152 valence electrons. The van der Waals surface area contributed by atoms with E-state index in [2.05, 4.69) is 0 Å². The second-order valence-electron chi connectivity index (χ2n) is 6.64. The number of anilines is 1. The minimum atomic E-state index is -4.14. The molecule has 0 aromatic heterocycles. The van der Waals surface area contributed by atoms with Crippen molar-refractivity contribution in [1.29, 1.82) is 0 Å². The maximum atomic E-state index is 14.1. The molecule has 1 atom stereocenters. The van der Waals surface area contributed by atoms with Crippen LogP contribution in [-0.4, -0.2) is 15.5 Å². The van der Waals surface area contributed by atoms with E-state index in [9.17, 15) is 17.2 Å². The van der Waals surface area contributed by atoms with Gasteiger partial charge in [-0.1, -0.05) is 18.2 Å². The molecule has 0 aliphatic heterocycles. The number of rotatable bonds is 6. The molecule has 4 nitrogen and oxygen atoms in total. The Hall–Kier alpha value is -2.93. The zero-order valence-corrected chi connectivity index (χ0v) is 17.1. The predicted molar refractivity (Wildman–Crippen MR) is 109 cm³/mol. The molecule has 3 aromatic rings. The summed E-state index contributed by atoms with van der Waals surface area (Å²) >= 11 is 0. The van der Waals surface area contributed by atoms with Crippen LogP contribution in [0, 0.1) is 18.6 Å². The van der Waals surface area contributed by atoms with Crippen molar-refractivity contribution in [3.05, 3.63) is 89.5 Å². The molecule has 0 aliphatic rings. The van der Waals surface area contributed by atoms with Crippen LogP contribution in [0.3, 0.4) is 0 Å². The van der Waals surface area contributed by atoms with Gasteiger partial charge in [0.05, 0.1) is 23.7 Å². The molecule has 3 rings (SSSR count). The van der Waals surface area contributed by atoms with Crippen molar-refractivity contribution in [2.75, 3.05) is 11.4 Å². The summed E-state index contributed by atoms with van der Waals surface area (Å²) in [4.78, 5) is -0.181. The van der Waals surface area contributed by atoms with E-state index in [1.54, 1.807) is 38.1 Å². The molecule has 0 saturated carbocycles. The molecule has 0 aliphatic carbocycles. The molecule has 0 N–H and O–H groups in total. The van der Waals surface area contributed by atoms with E-state index in [1.165, 1.54) is 43.5 Å². The molecule has 7 heteroatoms. The van der Waals surface area contributed by atoms with Crippen LogP contribution in [0.15, 0.2) is 71.6 Å². The minimum absolute atomic E-state index is 0.181. The van der Waals surface area contributed by atoms with Crippen molar-refractivity contribution in [2.45, 2.75) is 24.8 Å². The van der Waals surface area contributed by atoms with Crippen LogP contribution in [0.4, 0.5) is 14.5 Å². The van der Waals surface area contributed by atoms with Gasteiger partial charge in [-0.05, 0) is 73.5 Å². The van der Waals surface area contributed by atoms with E-state index in [4.69, 9.17) is 4.74 Å². The number of sulfonamides is 1. The molecule has 1 unspecified atom stereocenters. The fourth-order valence-electron chi connectivity index (χ4n) is 3.04. The number of methoxy groups -OCH3 is 1. The summed E-state index contributed by atoms with van der Waals surface area (Å²) in [6.07, 6.45) is 0. The zero-order chi connectivity index (χ0) is 21.2. The summed E-state index contributed by atoms with van der Waals surface area (Å²) < 4.78 is 60.9. The van der Waals surface area contributed by atoms with Crippen LogP contribution in [0.25, 0.3) is 0 Å². The normalized spacial score (nSPS) is 12.4. The summed E-state index contributed by atoms with van der Waals surface area (Å²) in [7, 11) is -2.62. The van der Waals surface area contributed by atoms with Crippen LogP contribution in [0.5, 0.6) is 5.75 Å². The smallest absolute Gasteiger partial charge is 0.264 e. The third kappa shape index (κ3) is 4.24. The van der Waals surface area contributed by atoms with Crippen LogP contribution in [0.2, 0.25) is 0 Å². The van der Waals surface area contributed by atoms with Gasteiger partial charge in [-0.2, -0.15) is 0 Å². The quantitative estimate of drug-likeness (QED) is 0.551. The van der Waals surface area contributed by atoms with E-state index < -0.39 is 27.7 Å². The molecule has 0 fully saturated rings. The average molecular weight is 417 g/mol. The van der Waals surface area contributed by atoms with Crippen LogP contribution in [-0.2, 0) is 10.0 Å². The predicted octanol–water partition coefficient (Wildman–Crippen LogP) is 5.24. The maximum Gasteiger partial charge on any atom is 0.264 e. The van der Waals surface area contributed by atoms with E-state index in [1.807, 2.05) is 0 Å². The first-order valence-electron chi connectivity index (χ1n) is 8.94. The number of halogens is 2. The lowest BCUT2D eigenvalue weighted by atomic mass is 10.1. The molecule has 0 spiro atoms. The standard InChI is InChI=1S/C22H21F2NO3S/c1-15-7-12-21(14-22(15)24)29(26,27)25(19-10-8-18(23)9-11-19)16(2)17-5-4-6-20(13-17)28-3/h4-14,16H,1-3H3. The monoisotopic (exact) mass is 417 g/mol. The first-order chi connectivity index (χ1) is 13.7. The Morgan fingerprint density at radius 3 is 2.28 bits per heavy atom. The Labute approximate surface area is 169 Å². The summed E-state index contributed by atoms with van der Waals surface area (Å²) in [5, 5.41) is 0. The van der Waals surface area contributed by atoms with Crippen molar-refractivity contribution >= 4 is 15.7 Å². The van der Waals surface area contributed by atoms with Crippen molar-refractivity contribution in [1.82, 2.24) is 0 Å². The number of hydrogen-bond donors (Lipinski definition) is 0. The second kappa shape index (κ2) is 8.21. The maximum absolute atomic E-state index is 14.1. The lowest BCUT2D eigenvalue weighted by Crippen LogP contribution is -2.33. The van der Waals surface area contributed by atoms with E-state index in [0.717, 1.165) is 10.4 Å². The SMILES string of the molecule is COc1cccc(C(C)N(c2ccc(F)cc2)S(=O)(=O)c2ccc(C)c(F)c2)c1. The van der Waals surface area contributed by atoms with Gasteiger partial charge in [0.25, 0.3) is 10.0 Å². The topological polar surface area (TPSA) is 46.6 Å². The summed E-state index contributed by atoms with van der Waals surface area (Å²) in [5.74, 6) is -0.520. The largest absolute Gasteiger partial charge is 0.497 e. The van der Waals surface area contributed by atoms with E-state index >= 15 is 0 Å². The molecular weight excluding hydrogens is 396 g/mol. The van der Waals surface area contributed by atoms with Crippen molar-refractivity contribution in [2.24, 2.45) is 0 Å². The molecular formula is C22H21F2NO3S. The minimum Gasteiger partial charge on any atom is -0.497 e. The molecule has 29 heavy (non-hydrogen) atoms. The molecule has 0 bridgehead atoms. The highest BCUT2D eigenvalue weighted by Crippen LogP contribution is 2.34. The summed E-state index contributed by atoms with van der Waals surface area (Å²) in [6.45, 7) is 3.27.